The van der Waals surface area contributed by atoms with E-state index in [1.165, 1.54) is 56.1 Å². The van der Waals surface area contributed by atoms with Crippen molar-refractivity contribution in [3.05, 3.63) is 35.4 Å². The van der Waals surface area contributed by atoms with Crippen LogP contribution in [0.4, 0.5) is 0 Å². The third kappa shape index (κ3) is 3.60. The highest BCUT2D eigenvalue weighted by Crippen LogP contribution is 2.42. The van der Waals surface area contributed by atoms with Gasteiger partial charge in [-0.2, -0.15) is 0 Å². The molecule has 2 N–H and O–H groups in total. The van der Waals surface area contributed by atoms with Gasteiger partial charge in [0.05, 0.1) is 0 Å². The lowest BCUT2D eigenvalue weighted by Gasteiger charge is -2.40. The quantitative estimate of drug-likeness (QED) is 0.829. The maximum atomic E-state index is 6.16. The number of nitrogens with two attached hydrogens (primary N) is 1. The summed E-state index contributed by atoms with van der Waals surface area (Å²) in [5, 5.41) is 0. The Hall–Kier alpha value is -0.820. The molecule has 1 nitrogen and oxygen atoms in total. The van der Waals surface area contributed by atoms with Crippen LogP contribution in [0.25, 0.3) is 0 Å². The summed E-state index contributed by atoms with van der Waals surface area (Å²) in [5.74, 6) is 0.960. The third-order valence-electron chi connectivity index (χ3n) is 5.12. The SMILES string of the molecule is CCCC1CCC(CN)(Cc2ccccc2C)CC1. The Morgan fingerprint density at radius 1 is 1.21 bits per heavy atom. The second-order valence-electron chi connectivity index (χ2n) is 6.54. The van der Waals surface area contributed by atoms with Crippen molar-refractivity contribution in [2.45, 2.75) is 58.8 Å². The molecule has 0 radical (unpaired) electrons. The maximum Gasteiger partial charge on any atom is -0.00173 e. The van der Waals surface area contributed by atoms with E-state index in [2.05, 4.69) is 38.1 Å². The molecule has 0 amide bonds. The molecule has 0 bridgehead atoms. The lowest BCUT2D eigenvalue weighted by Crippen LogP contribution is -2.37. The maximum absolute atomic E-state index is 6.16. The first-order valence-electron chi connectivity index (χ1n) is 7.94. The fourth-order valence-corrected chi connectivity index (χ4v) is 3.65. The van der Waals surface area contributed by atoms with Crippen LogP contribution in [0.3, 0.4) is 0 Å². The second-order valence-corrected chi connectivity index (χ2v) is 6.54. The zero-order valence-electron chi connectivity index (χ0n) is 12.6. The standard InChI is InChI=1S/C18H29N/c1-3-6-16-9-11-18(14-19,12-10-16)13-17-8-5-4-7-15(17)2/h4-5,7-8,16H,3,6,9-14,19H2,1-2H3. The van der Waals surface area contributed by atoms with E-state index in [1.807, 2.05) is 0 Å². The first kappa shape index (κ1) is 14.6. The summed E-state index contributed by atoms with van der Waals surface area (Å²) in [4.78, 5) is 0. The van der Waals surface area contributed by atoms with Gasteiger partial charge in [0.2, 0.25) is 0 Å². The average Bonchev–Trinajstić information content (AvgIpc) is 2.44. The van der Waals surface area contributed by atoms with E-state index in [0.717, 1.165) is 12.5 Å². The van der Waals surface area contributed by atoms with E-state index in [1.54, 1.807) is 0 Å². The monoisotopic (exact) mass is 259 g/mol. The van der Waals surface area contributed by atoms with E-state index in [4.69, 9.17) is 5.73 Å². The minimum absolute atomic E-state index is 0.371. The molecule has 0 atom stereocenters. The smallest absolute Gasteiger partial charge is 0.00173 e. The molecule has 106 valence electrons. The van der Waals surface area contributed by atoms with Gasteiger partial charge in [0, 0.05) is 0 Å². The Morgan fingerprint density at radius 3 is 2.47 bits per heavy atom. The molecule has 0 unspecified atom stereocenters. The number of hydrogen-bond donors (Lipinski definition) is 1. The van der Waals surface area contributed by atoms with Gasteiger partial charge in [0.1, 0.15) is 0 Å². The Kier molecular flexibility index (Phi) is 5.04. The van der Waals surface area contributed by atoms with E-state index in [-0.39, 0.29) is 0 Å². The summed E-state index contributed by atoms with van der Waals surface area (Å²) in [6, 6.07) is 8.80. The van der Waals surface area contributed by atoms with Gasteiger partial charge in [-0.25, -0.2) is 0 Å². The molecule has 0 aromatic heterocycles. The van der Waals surface area contributed by atoms with Crippen LogP contribution in [0.15, 0.2) is 24.3 Å². The Labute approximate surface area is 118 Å². The second kappa shape index (κ2) is 6.56. The van der Waals surface area contributed by atoms with Crippen LogP contribution < -0.4 is 5.73 Å². The molecule has 0 saturated heterocycles. The fourth-order valence-electron chi connectivity index (χ4n) is 3.65. The number of aryl methyl sites for hydroxylation is 1. The van der Waals surface area contributed by atoms with E-state index in [9.17, 15) is 0 Å². The molecular weight excluding hydrogens is 230 g/mol. The van der Waals surface area contributed by atoms with Crippen molar-refractivity contribution in [3.8, 4) is 0 Å². The van der Waals surface area contributed by atoms with Crippen LogP contribution in [0.5, 0.6) is 0 Å². The van der Waals surface area contributed by atoms with Crippen LogP contribution in [0.1, 0.15) is 56.6 Å². The lowest BCUT2D eigenvalue weighted by molar-refractivity contribution is 0.150. The van der Waals surface area contributed by atoms with Crippen molar-refractivity contribution < 1.29 is 0 Å². The molecule has 0 heterocycles. The van der Waals surface area contributed by atoms with E-state index in [0.29, 0.717) is 5.41 Å². The molecule has 0 spiro atoms. The van der Waals surface area contributed by atoms with Crippen molar-refractivity contribution >= 4 is 0 Å². The first-order chi connectivity index (χ1) is 9.19. The molecule has 0 aliphatic heterocycles. The molecule has 1 saturated carbocycles. The highest BCUT2D eigenvalue weighted by molar-refractivity contribution is 5.27. The van der Waals surface area contributed by atoms with Gasteiger partial charge in [-0.05, 0) is 68.0 Å². The van der Waals surface area contributed by atoms with Gasteiger partial charge >= 0.3 is 0 Å². The van der Waals surface area contributed by atoms with Crippen LogP contribution >= 0.6 is 0 Å². The van der Waals surface area contributed by atoms with Crippen molar-refractivity contribution in [1.29, 1.82) is 0 Å². The largest absolute Gasteiger partial charge is 0.330 e. The number of hydrogen-bond acceptors (Lipinski definition) is 1. The molecular formula is C18H29N. The summed E-state index contributed by atoms with van der Waals surface area (Å²) in [7, 11) is 0. The molecule has 1 aliphatic carbocycles. The molecule has 2 rings (SSSR count). The predicted octanol–water partition coefficient (Wildman–Crippen LogP) is 4.47. The Balaban J connectivity index is 2.02. The van der Waals surface area contributed by atoms with Gasteiger partial charge in [0.25, 0.3) is 0 Å². The van der Waals surface area contributed by atoms with E-state index >= 15 is 0 Å². The Bertz CT molecular complexity index is 388. The van der Waals surface area contributed by atoms with Crippen LogP contribution in [-0.4, -0.2) is 6.54 Å². The number of benzene rings is 1. The van der Waals surface area contributed by atoms with Crippen LogP contribution in [-0.2, 0) is 6.42 Å². The third-order valence-corrected chi connectivity index (χ3v) is 5.12. The minimum atomic E-state index is 0.371. The zero-order valence-corrected chi connectivity index (χ0v) is 12.6. The predicted molar refractivity (Wildman–Crippen MR) is 83.2 cm³/mol. The molecule has 1 aromatic rings. The molecule has 19 heavy (non-hydrogen) atoms. The summed E-state index contributed by atoms with van der Waals surface area (Å²) >= 11 is 0. The summed E-state index contributed by atoms with van der Waals surface area (Å²) in [5.41, 5.74) is 9.45. The van der Waals surface area contributed by atoms with Crippen molar-refractivity contribution in [2.24, 2.45) is 17.1 Å². The topological polar surface area (TPSA) is 26.0 Å². The van der Waals surface area contributed by atoms with Crippen LogP contribution in [0, 0.1) is 18.3 Å². The van der Waals surface area contributed by atoms with E-state index < -0.39 is 0 Å². The van der Waals surface area contributed by atoms with Gasteiger partial charge < -0.3 is 5.73 Å². The van der Waals surface area contributed by atoms with Crippen molar-refractivity contribution in [2.75, 3.05) is 6.54 Å². The highest BCUT2D eigenvalue weighted by Gasteiger charge is 2.34. The lowest BCUT2D eigenvalue weighted by atomic mass is 9.66. The average molecular weight is 259 g/mol. The number of rotatable bonds is 5. The van der Waals surface area contributed by atoms with Crippen LogP contribution in [0.2, 0.25) is 0 Å². The van der Waals surface area contributed by atoms with Crippen molar-refractivity contribution in [3.63, 3.8) is 0 Å². The molecule has 1 heteroatoms. The fraction of sp³-hybridized carbons (Fsp3) is 0.667. The summed E-state index contributed by atoms with van der Waals surface area (Å²) in [6.45, 7) is 5.38. The Morgan fingerprint density at radius 2 is 1.89 bits per heavy atom. The first-order valence-corrected chi connectivity index (χ1v) is 7.94. The summed E-state index contributed by atoms with van der Waals surface area (Å²) < 4.78 is 0. The highest BCUT2D eigenvalue weighted by atomic mass is 14.6. The van der Waals surface area contributed by atoms with Gasteiger partial charge in [-0.3, -0.25) is 0 Å². The van der Waals surface area contributed by atoms with Gasteiger partial charge in [-0.15, -0.1) is 0 Å². The molecule has 1 aliphatic rings. The van der Waals surface area contributed by atoms with Gasteiger partial charge in [0.15, 0.2) is 0 Å². The molecule has 1 aromatic carbocycles. The summed E-state index contributed by atoms with van der Waals surface area (Å²) in [6.07, 6.45) is 9.33. The van der Waals surface area contributed by atoms with Gasteiger partial charge in [-0.1, -0.05) is 44.0 Å². The normalized spacial score (nSPS) is 27.4. The van der Waals surface area contributed by atoms with Crippen molar-refractivity contribution in [1.82, 2.24) is 0 Å². The minimum Gasteiger partial charge on any atom is -0.330 e. The molecule has 1 fully saturated rings. The zero-order chi connectivity index (χ0) is 13.7.